The van der Waals surface area contributed by atoms with Crippen LogP contribution in [0.3, 0.4) is 0 Å². The first-order valence-electron chi connectivity index (χ1n) is 4.83. The van der Waals surface area contributed by atoms with Crippen LogP contribution in [-0.4, -0.2) is 50.8 Å². The van der Waals surface area contributed by atoms with E-state index in [4.69, 9.17) is 4.74 Å². The number of methoxy groups -OCH3 is 1. The minimum absolute atomic E-state index is 0.0202. The van der Waals surface area contributed by atoms with Gasteiger partial charge in [-0.3, -0.25) is 4.79 Å². The van der Waals surface area contributed by atoms with Crippen molar-refractivity contribution in [3.63, 3.8) is 0 Å². The zero-order valence-electron chi connectivity index (χ0n) is 8.91. The Hall–Kier alpha value is -1.14. The second kappa shape index (κ2) is 5.67. The van der Waals surface area contributed by atoms with Crippen LogP contribution in [0.15, 0.2) is 0 Å². The first-order chi connectivity index (χ1) is 7.13. The van der Waals surface area contributed by atoms with Gasteiger partial charge in [-0.25, -0.2) is 4.79 Å². The Kier molecular flexibility index (Phi) is 4.51. The molecule has 1 fully saturated rings. The van der Waals surface area contributed by atoms with Crippen molar-refractivity contribution in [2.75, 3.05) is 26.8 Å². The van der Waals surface area contributed by atoms with Crippen LogP contribution in [0.4, 0.5) is 0 Å². The summed E-state index contributed by atoms with van der Waals surface area (Å²) in [5, 5.41) is 5.50. The molecule has 0 unspecified atom stereocenters. The highest BCUT2D eigenvalue weighted by Crippen LogP contribution is 1.97. The van der Waals surface area contributed by atoms with Crippen molar-refractivity contribution < 1.29 is 19.1 Å². The minimum atomic E-state index is -0.634. The van der Waals surface area contributed by atoms with Crippen LogP contribution in [0, 0.1) is 0 Å². The third-order valence-electron chi connectivity index (χ3n) is 2.13. The molecular formula is C9H16N2O4. The summed E-state index contributed by atoms with van der Waals surface area (Å²) in [5.41, 5.74) is 0. The molecular weight excluding hydrogens is 200 g/mol. The van der Waals surface area contributed by atoms with E-state index in [9.17, 15) is 9.59 Å². The summed E-state index contributed by atoms with van der Waals surface area (Å²) in [4.78, 5) is 22.2. The average Bonchev–Trinajstić information content (AvgIpc) is 2.14. The monoisotopic (exact) mass is 216 g/mol. The predicted molar refractivity (Wildman–Crippen MR) is 52.2 cm³/mol. The fourth-order valence-corrected chi connectivity index (χ4v) is 1.09. The molecule has 0 spiro atoms. The van der Waals surface area contributed by atoms with Crippen molar-refractivity contribution >= 4 is 11.9 Å². The minimum Gasteiger partial charge on any atom is -0.467 e. The lowest BCUT2D eigenvalue weighted by molar-refractivity contribution is -0.145. The number of nitrogens with one attached hydrogen (secondary N) is 2. The molecule has 0 radical (unpaired) electrons. The van der Waals surface area contributed by atoms with Crippen LogP contribution in [0.5, 0.6) is 0 Å². The van der Waals surface area contributed by atoms with E-state index in [0.29, 0.717) is 0 Å². The quantitative estimate of drug-likeness (QED) is 0.556. The van der Waals surface area contributed by atoms with E-state index in [2.05, 4.69) is 15.4 Å². The lowest BCUT2D eigenvalue weighted by atomic mass is 10.2. The van der Waals surface area contributed by atoms with Crippen molar-refractivity contribution in [2.24, 2.45) is 0 Å². The Labute approximate surface area is 88.3 Å². The molecule has 86 valence electrons. The molecule has 0 saturated carbocycles. The molecule has 0 bridgehead atoms. The Morgan fingerprint density at radius 2 is 2.20 bits per heavy atom. The van der Waals surface area contributed by atoms with Gasteiger partial charge in [0.05, 0.1) is 13.2 Å². The molecule has 1 aliphatic rings. The summed E-state index contributed by atoms with van der Waals surface area (Å²) >= 11 is 0. The maximum atomic E-state index is 11.3. The number of hydrogen-bond donors (Lipinski definition) is 2. The number of hydrogen-bond acceptors (Lipinski definition) is 5. The fourth-order valence-electron chi connectivity index (χ4n) is 1.09. The Morgan fingerprint density at radius 3 is 2.67 bits per heavy atom. The molecule has 0 aromatic carbocycles. The number of rotatable bonds is 5. The van der Waals surface area contributed by atoms with Crippen LogP contribution in [0.25, 0.3) is 0 Å². The van der Waals surface area contributed by atoms with Crippen molar-refractivity contribution in [1.29, 1.82) is 0 Å². The molecule has 6 heteroatoms. The molecule has 1 saturated heterocycles. The van der Waals surface area contributed by atoms with E-state index in [1.54, 1.807) is 6.92 Å². The van der Waals surface area contributed by atoms with Gasteiger partial charge in [0.15, 0.2) is 0 Å². The van der Waals surface area contributed by atoms with Gasteiger partial charge in [-0.1, -0.05) is 0 Å². The number of carbonyl (C=O) groups excluding carboxylic acids is 2. The first-order valence-corrected chi connectivity index (χ1v) is 4.83. The third kappa shape index (κ3) is 3.85. The largest absolute Gasteiger partial charge is 0.467 e. The molecule has 1 atom stereocenters. The van der Waals surface area contributed by atoms with Gasteiger partial charge in [0.2, 0.25) is 5.91 Å². The standard InChI is InChI=1S/C9H16N2O4/c1-6(9(13)14-2)11-8(12)5-15-7-3-10-4-7/h6-7,10H,3-5H2,1-2H3,(H,11,12)/t6-/m1/s1. The van der Waals surface area contributed by atoms with E-state index in [1.165, 1.54) is 7.11 Å². The molecule has 1 amide bonds. The van der Waals surface area contributed by atoms with E-state index >= 15 is 0 Å². The molecule has 0 aromatic heterocycles. The first kappa shape index (κ1) is 11.9. The fraction of sp³-hybridized carbons (Fsp3) is 0.778. The molecule has 6 nitrogen and oxygen atoms in total. The summed E-state index contributed by atoms with van der Waals surface area (Å²) in [6.45, 7) is 3.10. The molecule has 1 rings (SSSR count). The van der Waals surface area contributed by atoms with E-state index in [1.807, 2.05) is 0 Å². The van der Waals surface area contributed by atoms with Crippen LogP contribution in [0.1, 0.15) is 6.92 Å². The average molecular weight is 216 g/mol. The van der Waals surface area contributed by atoms with Crippen molar-refractivity contribution in [1.82, 2.24) is 10.6 Å². The van der Waals surface area contributed by atoms with Crippen molar-refractivity contribution in [3.05, 3.63) is 0 Å². The summed E-state index contributed by atoms with van der Waals surface area (Å²) in [5.74, 6) is -0.770. The van der Waals surface area contributed by atoms with E-state index < -0.39 is 12.0 Å². The van der Waals surface area contributed by atoms with Gasteiger partial charge in [0.1, 0.15) is 12.6 Å². The summed E-state index contributed by atoms with van der Waals surface area (Å²) in [7, 11) is 1.28. The van der Waals surface area contributed by atoms with Gasteiger partial charge < -0.3 is 20.1 Å². The third-order valence-corrected chi connectivity index (χ3v) is 2.13. The lowest BCUT2D eigenvalue weighted by Crippen LogP contribution is -2.50. The maximum Gasteiger partial charge on any atom is 0.328 e. The van der Waals surface area contributed by atoms with Gasteiger partial charge in [-0.15, -0.1) is 0 Å². The van der Waals surface area contributed by atoms with Gasteiger partial charge in [-0.2, -0.15) is 0 Å². The Bertz CT molecular complexity index is 240. The van der Waals surface area contributed by atoms with E-state index in [0.717, 1.165) is 13.1 Å². The van der Waals surface area contributed by atoms with Gasteiger partial charge in [0.25, 0.3) is 0 Å². The second-order valence-electron chi connectivity index (χ2n) is 3.40. The smallest absolute Gasteiger partial charge is 0.328 e. The van der Waals surface area contributed by atoms with Crippen LogP contribution in [0.2, 0.25) is 0 Å². The molecule has 1 heterocycles. The molecule has 0 aliphatic carbocycles. The topological polar surface area (TPSA) is 76.7 Å². The van der Waals surface area contributed by atoms with Crippen LogP contribution in [-0.2, 0) is 19.1 Å². The number of carbonyl (C=O) groups is 2. The summed E-state index contributed by atoms with van der Waals surface area (Å²) in [6.07, 6.45) is 0.115. The lowest BCUT2D eigenvalue weighted by Gasteiger charge is -2.26. The number of amides is 1. The van der Waals surface area contributed by atoms with Gasteiger partial charge >= 0.3 is 5.97 Å². The zero-order chi connectivity index (χ0) is 11.3. The Morgan fingerprint density at radius 1 is 1.53 bits per heavy atom. The molecule has 2 N–H and O–H groups in total. The molecule has 1 aliphatic heterocycles. The number of esters is 1. The zero-order valence-corrected chi connectivity index (χ0v) is 8.91. The highest BCUT2D eigenvalue weighted by Gasteiger charge is 2.20. The van der Waals surface area contributed by atoms with Crippen LogP contribution >= 0.6 is 0 Å². The summed E-state index contributed by atoms with van der Waals surface area (Å²) in [6, 6.07) is -0.634. The Balaban J connectivity index is 2.13. The number of ether oxygens (including phenoxy) is 2. The summed E-state index contributed by atoms with van der Waals surface area (Å²) < 4.78 is 9.69. The van der Waals surface area contributed by atoms with Crippen LogP contribution < -0.4 is 10.6 Å². The van der Waals surface area contributed by atoms with Gasteiger partial charge in [-0.05, 0) is 6.92 Å². The SMILES string of the molecule is COC(=O)[C@@H](C)NC(=O)COC1CNC1. The molecule has 0 aromatic rings. The van der Waals surface area contributed by atoms with Gasteiger partial charge in [0, 0.05) is 13.1 Å². The maximum absolute atomic E-state index is 11.3. The second-order valence-corrected chi connectivity index (χ2v) is 3.40. The van der Waals surface area contributed by atoms with Crippen molar-refractivity contribution in [3.8, 4) is 0 Å². The van der Waals surface area contributed by atoms with E-state index in [-0.39, 0.29) is 18.6 Å². The highest BCUT2D eigenvalue weighted by atomic mass is 16.5. The highest BCUT2D eigenvalue weighted by molar-refractivity contribution is 5.84. The molecule has 15 heavy (non-hydrogen) atoms. The van der Waals surface area contributed by atoms with Crippen molar-refractivity contribution in [2.45, 2.75) is 19.1 Å². The predicted octanol–water partition coefficient (Wildman–Crippen LogP) is -1.35. The normalized spacial score (nSPS) is 17.7.